The van der Waals surface area contributed by atoms with Gasteiger partial charge in [0.2, 0.25) is 0 Å². The van der Waals surface area contributed by atoms with Crippen molar-refractivity contribution >= 4 is 17.7 Å². The van der Waals surface area contributed by atoms with Crippen molar-refractivity contribution in [2.45, 2.75) is 19.9 Å². The highest BCUT2D eigenvalue weighted by Crippen LogP contribution is 2.14. The van der Waals surface area contributed by atoms with E-state index in [-0.39, 0.29) is 5.91 Å². The summed E-state index contributed by atoms with van der Waals surface area (Å²) in [5, 5.41) is 0. The van der Waals surface area contributed by atoms with Crippen molar-refractivity contribution in [2.24, 2.45) is 0 Å². The number of rotatable bonds is 5. The topological polar surface area (TPSA) is 64.2 Å². The minimum absolute atomic E-state index is 0.0588. The Bertz CT molecular complexity index is 696. The third kappa shape index (κ3) is 4.47. The van der Waals surface area contributed by atoms with Crippen LogP contribution in [0.3, 0.4) is 0 Å². The maximum absolute atomic E-state index is 12.7. The highest BCUT2D eigenvalue weighted by atomic mass is 16.2. The molecule has 2 aliphatic rings. The Kier molecular flexibility index (Phi) is 6.11. The molecule has 146 valence electrons. The molecule has 7 nitrogen and oxygen atoms in total. The molecule has 0 radical (unpaired) electrons. The number of carbonyl (C=O) groups excluding carboxylic acids is 3. The minimum atomic E-state index is -0.464. The number of amides is 3. The molecule has 27 heavy (non-hydrogen) atoms. The average molecular weight is 372 g/mol. The van der Waals surface area contributed by atoms with Crippen molar-refractivity contribution in [3.05, 3.63) is 35.4 Å². The van der Waals surface area contributed by atoms with Crippen LogP contribution in [0.5, 0.6) is 0 Å². The number of nitrogens with zero attached hydrogens (tertiary/aromatic N) is 4. The molecule has 0 aromatic heterocycles. The van der Waals surface area contributed by atoms with Gasteiger partial charge in [0.25, 0.3) is 5.91 Å². The van der Waals surface area contributed by atoms with Gasteiger partial charge in [-0.2, -0.15) is 0 Å². The lowest BCUT2D eigenvalue weighted by molar-refractivity contribution is -0.155. The molecule has 7 heteroatoms. The van der Waals surface area contributed by atoms with Gasteiger partial charge in [0.15, 0.2) is 0 Å². The van der Waals surface area contributed by atoms with E-state index in [4.69, 9.17) is 0 Å². The Morgan fingerprint density at radius 3 is 2.22 bits per heavy atom. The van der Waals surface area contributed by atoms with Crippen molar-refractivity contribution < 1.29 is 14.4 Å². The molecular weight excluding hydrogens is 344 g/mol. The molecular formula is C20H28N4O3. The van der Waals surface area contributed by atoms with Crippen LogP contribution in [0.2, 0.25) is 0 Å². The van der Waals surface area contributed by atoms with Crippen LogP contribution in [0.1, 0.15) is 29.3 Å². The van der Waals surface area contributed by atoms with Crippen molar-refractivity contribution in [3.8, 4) is 0 Å². The molecule has 0 bridgehead atoms. The number of benzene rings is 1. The lowest BCUT2D eigenvalue weighted by Crippen LogP contribution is -2.52. The van der Waals surface area contributed by atoms with Crippen LogP contribution < -0.4 is 0 Å². The molecule has 2 heterocycles. The molecule has 0 N–H and O–H groups in total. The fourth-order valence-corrected chi connectivity index (χ4v) is 3.57. The van der Waals surface area contributed by atoms with E-state index in [2.05, 4.69) is 11.8 Å². The molecule has 2 saturated heterocycles. The van der Waals surface area contributed by atoms with Crippen molar-refractivity contribution in [3.63, 3.8) is 0 Å². The molecule has 2 fully saturated rings. The smallest absolute Gasteiger partial charge is 0.312 e. The lowest BCUT2D eigenvalue weighted by atomic mass is 10.1. The number of hydrogen-bond donors (Lipinski definition) is 0. The molecule has 3 amide bonds. The molecule has 0 aliphatic carbocycles. The van der Waals surface area contributed by atoms with E-state index in [1.54, 1.807) is 11.9 Å². The van der Waals surface area contributed by atoms with E-state index < -0.39 is 11.8 Å². The van der Waals surface area contributed by atoms with Gasteiger partial charge in [-0.05, 0) is 30.7 Å². The first-order valence-corrected chi connectivity index (χ1v) is 9.64. The van der Waals surface area contributed by atoms with E-state index in [0.29, 0.717) is 25.2 Å². The van der Waals surface area contributed by atoms with Gasteiger partial charge in [0, 0.05) is 58.4 Å². The first-order chi connectivity index (χ1) is 13.0. The highest BCUT2D eigenvalue weighted by molar-refractivity contribution is 6.35. The van der Waals surface area contributed by atoms with Crippen molar-refractivity contribution in [1.29, 1.82) is 0 Å². The fourth-order valence-electron chi connectivity index (χ4n) is 3.57. The first kappa shape index (κ1) is 19.4. The van der Waals surface area contributed by atoms with Gasteiger partial charge in [-0.3, -0.25) is 19.3 Å². The number of hydrogen-bond acceptors (Lipinski definition) is 4. The molecule has 1 aromatic carbocycles. The monoisotopic (exact) mass is 372 g/mol. The largest absolute Gasteiger partial charge is 0.336 e. The maximum Gasteiger partial charge on any atom is 0.312 e. The Labute approximate surface area is 160 Å². The predicted molar refractivity (Wildman–Crippen MR) is 102 cm³/mol. The third-order valence-electron chi connectivity index (χ3n) is 5.30. The summed E-state index contributed by atoms with van der Waals surface area (Å²) in [6.45, 7) is 8.11. The van der Waals surface area contributed by atoms with E-state index >= 15 is 0 Å². The van der Waals surface area contributed by atoms with E-state index in [1.807, 2.05) is 29.2 Å². The quantitative estimate of drug-likeness (QED) is 0.712. The standard InChI is InChI=1S/C20H28N4O3/c1-3-8-22-10-13-23(14-11-22)18(25)17-6-4-16(5-7-17)15-24-12-9-21(2)19(26)20(24)27/h4-7H,3,8-15H2,1-2H3. The first-order valence-electron chi connectivity index (χ1n) is 9.64. The van der Waals surface area contributed by atoms with Crippen LogP contribution in [-0.2, 0) is 16.1 Å². The third-order valence-corrected chi connectivity index (χ3v) is 5.30. The van der Waals surface area contributed by atoms with Gasteiger partial charge in [0.1, 0.15) is 0 Å². The molecule has 2 aliphatic heterocycles. The van der Waals surface area contributed by atoms with Crippen LogP contribution in [0.4, 0.5) is 0 Å². The number of likely N-dealkylation sites (N-methyl/N-ethyl adjacent to an activating group) is 1. The normalized spacial score (nSPS) is 19.0. The second-order valence-corrected chi connectivity index (χ2v) is 7.28. The van der Waals surface area contributed by atoms with Crippen LogP contribution in [-0.4, -0.2) is 90.2 Å². The summed E-state index contributed by atoms with van der Waals surface area (Å²) in [7, 11) is 1.64. The average Bonchev–Trinajstić information content (AvgIpc) is 2.69. The Hall–Kier alpha value is -2.41. The van der Waals surface area contributed by atoms with Gasteiger partial charge in [0.05, 0.1) is 0 Å². The molecule has 0 atom stereocenters. The molecule has 0 unspecified atom stereocenters. The van der Waals surface area contributed by atoms with Crippen molar-refractivity contribution in [2.75, 3.05) is 52.9 Å². The molecule has 0 saturated carbocycles. The van der Waals surface area contributed by atoms with Crippen molar-refractivity contribution in [1.82, 2.24) is 19.6 Å². The van der Waals surface area contributed by atoms with Gasteiger partial charge in [-0.25, -0.2) is 0 Å². The van der Waals surface area contributed by atoms with E-state index in [0.717, 1.165) is 44.7 Å². The number of piperazine rings is 2. The lowest BCUT2D eigenvalue weighted by Gasteiger charge is -2.34. The number of carbonyl (C=O) groups is 3. The SMILES string of the molecule is CCCN1CCN(C(=O)c2ccc(CN3CCN(C)C(=O)C3=O)cc2)CC1. The Morgan fingerprint density at radius 2 is 1.59 bits per heavy atom. The summed E-state index contributed by atoms with van der Waals surface area (Å²) >= 11 is 0. The van der Waals surface area contributed by atoms with Gasteiger partial charge in [-0.15, -0.1) is 0 Å². The second-order valence-electron chi connectivity index (χ2n) is 7.28. The molecule has 3 rings (SSSR count). The highest BCUT2D eigenvalue weighted by Gasteiger charge is 2.30. The van der Waals surface area contributed by atoms with E-state index in [9.17, 15) is 14.4 Å². The van der Waals surface area contributed by atoms with Crippen LogP contribution in [0, 0.1) is 0 Å². The second kappa shape index (κ2) is 8.52. The zero-order valence-corrected chi connectivity index (χ0v) is 16.2. The fraction of sp³-hybridized carbons (Fsp3) is 0.550. The summed E-state index contributed by atoms with van der Waals surface area (Å²) in [5.74, 6) is -0.868. The minimum Gasteiger partial charge on any atom is -0.336 e. The summed E-state index contributed by atoms with van der Waals surface area (Å²) in [6.07, 6.45) is 1.14. The summed E-state index contributed by atoms with van der Waals surface area (Å²) in [4.78, 5) is 43.8. The van der Waals surface area contributed by atoms with E-state index in [1.165, 1.54) is 4.90 Å². The van der Waals surface area contributed by atoms with Gasteiger partial charge >= 0.3 is 11.8 Å². The predicted octanol–water partition coefficient (Wildman–Crippen LogP) is 0.655. The van der Waals surface area contributed by atoms with Crippen LogP contribution >= 0.6 is 0 Å². The molecule has 1 aromatic rings. The van der Waals surface area contributed by atoms with Gasteiger partial charge < -0.3 is 14.7 Å². The maximum atomic E-state index is 12.7. The summed E-state index contributed by atoms with van der Waals surface area (Å²) in [6, 6.07) is 7.38. The summed E-state index contributed by atoms with van der Waals surface area (Å²) < 4.78 is 0. The van der Waals surface area contributed by atoms with Crippen LogP contribution in [0.25, 0.3) is 0 Å². The zero-order chi connectivity index (χ0) is 19.4. The van der Waals surface area contributed by atoms with Gasteiger partial charge in [-0.1, -0.05) is 19.1 Å². The Morgan fingerprint density at radius 1 is 0.926 bits per heavy atom. The Balaban J connectivity index is 1.56. The van der Waals surface area contributed by atoms with Crippen LogP contribution in [0.15, 0.2) is 24.3 Å². The summed E-state index contributed by atoms with van der Waals surface area (Å²) in [5.41, 5.74) is 1.59. The zero-order valence-electron chi connectivity index (χ0n) is 16.2. The molecule has 0 spiro atoms.